The van der Waals surface area contributed by atoms with E-state index >= 15 is 0 Å². The van der Waals surface area contributed by atoms with Crippen molar-refractivity contribution in [2.75, 3.05) is 7.11 Å². The minimum absolute atomic E-state index is 0.0409. The smallest absolute Gasteiger partial charge is 0.391 e. The quantitative estimate of drug-likeness (QED) is 0.868. The molecule has 1 unspecified atom stereocenters. The fourth-order valence-corrected chi connectivity index (χ4v) is 1.42. The second-order valence-electron chi connectivity index (χ2n) is 3.91. The first kappa shape index (κ1) is 15.8. The van der Waals surface area contributed by atoms with Crippen LogP contribution >= 0.6 is 0 Å². The van der Waals surface area contributed by atoms with Gasteiger partial charge in [-0.05, 0) is 24.3 Å². The second-order valence-corrected chi connectivity index (χ2v) is 3.91. The maximum Gasteiger partial charge on any atom is 0.391 e. The number of benzene rings is 1. The molecule has 1 aromatic carbocycles. The summed E-state index contributed by atoms with van der Waals surface area (Å²) < 4.78 is 41.4. The molecular formula is C12H12F3NO4. The molecule has 1 aromatic rings. The molecule has 5 nitrogen and oxygen atoms in total. The highest BCUT2D eigenvalue weighted by Crippen LogP contribution is 2.22. The number of methoxy groups -OCH3 is 1. The number of halogens is 3. The molecule has 0 heterocycles. The normalized spacial score (nSPS) is 12.6. The van der Waals surface area contributed by atoms with Crippen LogP contribution in [0.4, 0.5) is 13.2 Å². The van der Waals surface area contributed by atoms with E-state index in [1.54, 1.807) is 0 Å². The number of nitrogens with one attached hydrogen (secondary N) is 1. The standard InChI is InChI=1S/C12H12F3NO4/c1-20-8-4-2-7(3-5-8)10(17)16-9(11(18)19)6-12(13,14)15/h2-5,9H,6H2,1H3,(H,16,17)(H,18,19). The lowest BCUT2D eigenvalue weighted by Crippen LogP contribution is -2.43. The predicted molar refractivity (Wildman–Crippen MR) is 62.6 cm³/mol. The van der Waals surface area contributed by atoms with Gasteiger partial charge in [0.1, 0.15) is 11.8 Å². The third-order valence-electron chi connectivity index (χ3n) is 2.39. The highest BCUT2D eigenvalue weighted by atomic mass is 19.4. The van der Waals surface area contributed by atoms with Crippen LogP contribution in [0.1, 0.15) is 16.8 Å². The lowest BCUT2D eigenvalue weighted by Gasteiger charge is -2.16. The topological polar surface area (TPSA) is 75.6 Å². The number of carbonyl (C=O) groups is 2. The number of ether oxygens (including phenoxy) is 1. The summed E-state index contributed by atoms with van der Waals surface area (Å²) in [6.45, 7) is 0. The fourth-order valence-electron chi connectivity index (χ4n) is 1.42. The van der Waals surface area contributed by atoms with Gasteiger partial charge < -0.3 is 15.2 Å². The first-order chi connectivity index (χ1) is 9.23. The van der Waals surface area contributed by atoms with Crippen molar-refractivity contribution in [3.63, 3.8) is 0 Å². The molecule has 20 heavy (non-hydrogen) atoms. The van der Waals surface area contributed by atoms with Gasteiger partial charge in [0, 0.05) is 5.56 Å². The molecule has 0 aliphatic heterocycles. The van der Waals surface area contributed by atoms with E-state index in [0.29, 0.717) is 5.75 Å². The molecule has 2 N–H and O–H groups in total. The Morgan fingerprint density at radius 3 is 2.25 bits per heavy atom. The molecule has 0 radical (unpaired) electrons. The molecule has 1 amide bonds. The van der Waals surface area contributed by atoms with Crippen molar-refractivity contribution in [1.82, 2.24) is 5.32 Å². The SMILES string of the molecule is COc1ccc(C(=O)NC(CC(F)(F)F)C(=O)O)cc1. The van der Waals surface area contributed by atoms with E-state index in [2.05, 4.69) is 0 Å². The summed E-state index contributed by atoms with van der Waals surface area (Å²) in [5.41, 5.74) is 0.0409. The molecule has 110 valence electrons. The van der Waals surface area contributed by atoms with Gasteiger partial charge in [-0.1, -0.05) is 0 Å². The van der Waals surface area contributed by atoms with Gasteiger partial charge in [-0.25, -0.2) is 4.79 Å². The number of carboxylic acids is 1. The number of carboxylic acid groups (broad SMARTS) is 1. The van der Waals surface area contributed by atoms with Crippen LogP contribution in [0.2, 0.25) is 0 Å². The molecule has 0 bridgehead atoms. The van der Waals surface area contributed by atoms with Gasteiger partial charge in [-0.15, -0.1) is 0 Å². The Bertz CT molecular complexity index is 484. The van der Waals surface area contributed by atoms with Crippen molar-refractivity contribution >= 4 is 11.9 Å². The molecule has 0 saturated carbocycles. The summed E-state index contributed by atoms with van der Waals surface area (Å²) in [7, 11) is 1.42. The van der Waals surface area contributed by atoms with Gasteiger partial charge in [0.25, 0.3) is 5.91 Å². The van der Waals surface area contributed by atoms with Gasteiger partial charge in [0.15, 0.2) is 0 Å². The minimum Gasteiger partial charge on any atom is -0.497 e. The Morgan fingerprint density at radius 1 is 1.30 bits per heavy atom. The van der Waals surface area contributed by atoms with E-state index in [0.717, 1.165) is 0 Å². The zero-order valence-electron chi connectivity index (χ0n) is 10.4. The number of hydrogen-bond donors (Lipinski definition) is 2. The summed E-state index contributed by atoms with van der Waals surface area (Å²) in [5, 5.41) is 10.5. The Hall–Kier alpha value is -2.25. The summed E-state index contributed by atoms with van der Waals surface area (Å²) in [6, 6.07) is 3.49. The van der Waals surface area contributed by atoms with Gasteiger partial charge in [-0.3, -0.25) is 4.79 Å². The number of aliphatic carboxylic acids is 1. The molecule has 1 atom stereocenters. The first-order valence-electron chi connectivity index (χ1n) is 5.47. The molecule has 0 spiro atoms. The van der Waals surface area contributed by atoms with E-state index in [4.69, 9.17) is 9.84 Å². The van der Waals surface area contributed by atoms with Crippen LogP contribution in [-0.2, 0) is 4.79 Å². The average Bonchev–Trinajstić information content (AvgIpc) is 2.36. The second kappa shape index (κ2) is 6.27. The molecule has 0 saturated heterocycles. The van der Waals surface area contributed by atoms with Crippen molar-refractivity contribution in [2.24, 2.45) is 0 Å². The zero-order chi connectivity index (χ0) is 15.3. The zero-order valence-corrected chi connectivity index (χ0v) is 10.4. The Labute approximate surface area is 112 Å². The van der Waals surface area contributed by atoms with Crippen LogP contribution in [0.5, 0.6) is 5.75 Å². The third kappa shape index (κ3) is 4.79. The Balaban J connectivity index is 2.77. The van der Waals surface area contributed by atoms with Crippen molar-refractivity contribution in [3.05, 3.63) is 29.8 Å². The molecule has 0 aliphatic carbocycles. The molecule has 0 fully saturated rings. The summed E-state index contributed by atoms with van der Waals surface area (Å²) >= 11 is 0. The lowest BCUT2D eigenvalue weighted by atomic mass is 10.1. The molecule has 8 heteroatoms. The number of carbonyl (C=O) groups excluding carboxylic acids is 1. The van der Waals surface area contributed by atoms with E-state index < -0.39 is 30.5 Å². The maximum absolute atomic E-state index is 12.2. The van der Waals surface area contributed by atoms with Crippen molar-refractivity contribution in [3.8, 4) is 5.75 Å². The fraction of sp³-hybridized carbons (Fsp3) is 0.333. The van der Waals surface area contributed by atoms with Crippen LogP contribution < -0.4 is 10.1 Å². The van der Waals surface area contributed by atoms with Crippen LogP contribution in [-0.4, -0.2) is 36.3 Å². The lowest BCUT2D eigenvalue weighted by molar-refractivity contribution is -0.157. The monoisotopic (exact) mass is 291 g/mol. The van der Waals surface area contributed by atoms with Gasteiger partial charge in [0.05, 0.1) is 13.5 Å². The minimum atomic E-state index is -4.68. The number of rotatable bonds is 5. The van der Waals surface area contributed by atoms with Crippen LogP contribution in [0.25, 0.3) is 0 Å². The first-order valence-corrected chi connectivity index (χ1v) is 5.47. The Kier molecular flexibility index (Phi) is 4.95. The van der Waals surface area contributed by atoms with E-state index in [1.807, 2.05) is 5.32 Å². The average molecular weight is 291 g/mol. The molecule has 1 rings (SSSR count). The summed E-state index contributed by atoms with van der Waals surface area (Å²) in [6.07, 6.45) is -6.32. The highest BCUT2D eigenvalue weighted by molar-refractivity contribution is 5.96. The molecular weight excluding hydrogens is 279 g/mol. The molecule has 0 aromatic heterocycles. The van der Waals surface area contributed by atoms with E-state index in [9.17, 15) is 22.8 Å². The number of hydrogen-bond acceptors (Lipinski definition) is 3. The van der Waals surface area contributed by atoms with Crippen molar-refractivity contribution < 1.29 is 32.6 Å². The van der Waals surface area contributed by atoms with Gasteiger partial charge in [0.2, 0.25) is 0 Å². The van der Waals surface area contributed by atoms with Crippen molar-refractivity contribution in [2.45, 2.75) is 18.6 Å². The number of alkyl halides is 3. The van der Waals surface area contributed by atoms with Gasteiger partial charge in [-0.2, -0.15) is 13.2 Å². The maximum atomic E-state index is 12.2. The van der Waals surface area contributed by atoms with Crippen LogP contribution in [0.3, 0.4) is 0 Å². The third-order valence-corrected chi connectivity index (χ3v) is 2.39. The number of amides is 1. The van der Waals surface area contributed by atoms with E-state index in [1.165, 1.54) is 31.4 Å². The van der Waals surface area contributed by atoms with Crippen LogP contribution in [0.15, 0.2) is 24.3 Å². The van der Waals surface area contributed by atoms with Crippen molar-refractivity contribution in [1.29, 1.82) is 0 Å². The van der Waals surface area contributed by atoms with Gasteiger partial charge >= 0.3 is 12.1 Å². The van der Waals surface area contributed by atoms with E-state index in [-0.39, 0.29) is 5.56 Å². The largest absolute Gasteiger partial charge is 0.497 e. The van der Waals surface area contributed by atoms with Crippen LogP contribution in [0, 0.1) is 0 Å². The highest BCUT2D eigenvalue weighted by Gasteiger charge is 2.36. The Morgan fingerprint density at radius 2 is 1.85 bits per heavy atom. The summed E-state index contributed by atoms with van der Waals surface area (Å²) in [4.78, 5) is 22.4. The summed E-state index contributed by atoms with van der Waals surface area (Å²) in [5.74, 6) is -2.18. The predicted octanol–water partition coefficient (Wildman–Crippen LogP) is 1.83. The molecule has 0 aliphatic rings.